The fraction of sp³-hybridized carbons (Fsp3) is 0.100. The first-order chi connectivity index (χ1) is 14.4. The van der Waals surface area contributed by atoms with Crippen molar-refractivity contribution >= 4 is 40.2 Å². The van der Waals surface area contributed by atoms with Crippen LogP contribution in [0.5, 0.6) is 0 Å². The van der Waals surface area contributed by atoms with Crippen LogP contribution >= 0.6 is 11.3 Å². The zero-order valence-electron chi connectivity index (χ0n) is 15.3. The Morgan fingerprint density at radius 2 is 1.93 bits per heavy atom. The first kappa shape index (κ1) is 18.3. The molecule has 10 heteroatoms. The highest BCUT2D eigenvalue weighted by Crippen LogP contribution is 2.30. The zero-order valence-corrected chi connectivity index (χ0v) is 16.1. The molecule has 150 valence electrons. The van der Waals surface area contributed by atoms with Crippen LogP contribution in [0, 0.1) is 5.82 Å². The first-order valence-corrected chi connectivity index (χ1v) is 9.72. The van der Waals surface area contributed by atoms with Crippen LogP contribution in [0.3, 0.4) is 0 Å². The lowest BCUT2D eigenvalue weighted by Crippen LogP contribution is -2.43. The van der Waals surface area contributed by atoms with Gasteiger partial charge in [-0.1, -0.05) is 11.3 Å². The van der Waals surface area contributed by atoms with Crippen LogP contribution in [-0.4, -0.2) is 28.2 Å². The molecule has 0 spiro atoms. The predicted molar refractivity (Wildman–Crippen MR) is 108 cm³/mol. The number of hydrogen-bond acceptors (Lipinski definition) is 6. The van der Waals surface area contributed by atoms with Gasteiger partial charge in [-0.3, -0.25) is 14.2 Å². The van der Waals surface area contributed by atoms with Gasteiger partial charge in [0.05, 0.1) is 11.1 Å². The topological polar surface area (TPSA) is 104 Å². The lowest BCUT2D eigenvalue weighted by Gasteiger charge is -2.25. The van der Waals surface area contributed by atoms with Crippen LogP contribution in [0.2, 0.25) is 0 Å². The van der Waals surface area contributed by atoms with Crippen LogP contribution < -0.4 is 25.1 Å². The summed E-state index contributed by atoms with van der Waals surface area (Å²) >= 11 is 1.10. The summed E-state index contributed by atoms with van der Waals surface area (Å²) in [5.74, 6) is -1.97. The molecule has 2 aliphatic heterocycles. The first-order valence-electron chi connectivity index (χ1n) is 8.90. The second-order valence-electron chi connectivity index (χ2n) is 6.80. The molecule has 0 unspecified atom stereocenters. The van der Waals surface area contributed by atoms with Crippen LogP contribution in [0.4, 0.5) is 15.8 Å². The van der Waals surface area contributed by atoms with Gasteiger partial charge in [0.2, 0.25) is 0 Å². The minimum Gasteiger partial charge on any atom is -0.478 e. The molecule has 3 heterocycles. The number of aromatic nitrogens is 1. The van der Waals surface area contributed by atoms with Crippen molar-refractivity contribution in [1.82, 2.24) is 4.57 Å². The maximum absolute atomic E-state index is 13.7. The van der Waals surface area contributed by atoms with Gasteiger partial charge in [0.25, 0.3) is 11.5 Å². The number of carbonyl (C=O) groups excluding carboxylic acids is 1. The van der Waals surface area contributed by atoms with E-state index in [1.807, 2.05) is 4.90 Å². The Balaban J connectivity index is 1.59. The summed E-state index contributed by atoms with van der Waals surface area (Å²) in [5.41, 5.74) is 1.47. The van der Waals surface area contributed by atoms with Gasteiger partial charge in [-0.25, -0.2) is 14.2 Å². The summed E-state index contributed by atoms with van der Waals surface area (Å²) in [7, 11) is 0. The molecular formula is C20H13FN4O4S. The highest BCUT2D eigenvalue weighted by molar-refractivity contribution is 7.07. The summed E-state index contributed by atoms with van der Waals surface area (Å²) in [4.78, 5) is 43.3. The standard InChI is InChI=1S/C20H13FN4O4S/c21-11-3-6-14-13(7-11)15(17(26)23-14)16-18(27)25-9-24(8-22-20(25)30-16)12-4-1-10(2-5-12)19(28)29/h1-7H,8-9H2,(H,23,26)(H,28,29)/b16-15-. The molecule has 8 nitrogen and oxygen atoms in total. The van der Waals surface area contributed by atoms with Crippen LogP contribution in [0.15, 0.2) is 52.3 Å². The SMILES string of the molecule is O=C1Nc2ccc(F)cc2/C1=c1/sc2n(c1=O)CN(c1ccc(C(=O)O)cc1)CN=2. The molecule has 2 aromatic carbocycles. The van der Waals surface area contributed by atoms with Crippen LogP contribution in [0.25, 0.3) is 5.57 Å². The summed E-state index contributed by atoms with van der Waals surface area (Å²) in [6, 6.07) is 10.2. The number of fused-ring (bicyclic) bond motifs is 2. The number of carboxylic acid groups (broad SMARTS) is 1. The third-order valence-corrected chi connectivity index (χ3v) is 6.10. The molecule has 0 atom stereocenters. The number of hydrogen-bond donors (Lipinski definition) is 2. The number of carbonyl (C=O) groups is 2. The monoisotopic (exact) mass is 424 g/mol. The molecule has 0 bridgehead atoms. The van der Waals surface area contributed by atoms with E-state index < -0.39 is 17.7 Å². The highest BCUT2D eigenvalue weighted by Gasteiger charge is 2.28. The van der Waals surface area contributed by atoms with E-state index in [1.165, 1.54) is 34.9 Å². The van der Waals surface area contributed by atoms with E-state index in [0.29, 0.717) is 21.7 Å². The molecule has 0 fully saturated rings. The molecule has 0 saturated carbocycles. The average molecular weight is 424 g/mol. The molecule has 1 amide bonds. The van der Waals surface area contributed by atoms with Crippen molar-refractivity contribution in [3.8, 4) is 0 Å². The second kappa shape index (κ2) is 6.63. The normalized spacial score (nSPS) is 16.6. The van der Waals surface area contributed by atoms with Crippen molar-refractivity contribution in [2.75, 3.05) is 16.9 Å². The van der Waals surface area contributed by atoms with Gasteiger partial charge in [-0.15, -0.1) is 0 Å². The number of nitrogens with one attached hydrogen (secondary N) is 1. The van der Waals surface area contributed by atoms with Gasteiger partial charge in [-0.2, -0.15) is 0 Å². The average Bonchev–Trinajstić information content (AvgIpc) is 3.23. The van der Waals surface area contributed by atoms with Crippen molar-refractivity contribution in [2.24, 2.45) is 4.99 Å². The Morgan fingerprint density at radius 1 is 1.17 bits per heavy atom. The van der Waals surface area contributed by atoms with Gasteiger partial charge < -0.3 is 15.3 Å². The molecule has 2 N–H and O–H groups in total. The summed E-state index contributed by atoms with van der Waals surface area (Å²) in [5, 5.41) is 11.7. The van der Waals surface area contributed by atoms with Gasteiger partial charge in [0.15, 0.2) is 4.80 Å². The number of amides is 1. The maximum Gasteiger partial charge on any atom is 0.335 e. The number of aromatic carboxylic acids is 1. The molecule has 0 saturated heterocycles. The van der Waals surface area contributed by atoms with E-state index >= 15 is 0 Å². The molecule has 5 rings (SSSR count). The fourth-order valence-electron chi connectivity index (χ4n) is 3.50. The molecule has 0 aliphatic carbocycles. The molecule has 0 radical (unpaired) electrons. The van der Waals surface area contributed by atoms with Crippen molar-refractivity contribution in [3.05, 3.63) is 79.1 Å². The number of carboxylic acids is 1. The quantitative estimate of drug-likeness (QED) is 0.638. The maximum atomic E-state index is 13.7. The predicted octanol–water partition coefficient (Wildman–Crippen LogP) is 0.953. The minimum absolute atomic E-state index is 0.147. The lowest BCUT2D eigenvalue weighted by atomic mass is 10.1. The van der Waals surface area contributed by atoms with E-state index in [1.54, 1.807) is 12.1 Å². The van der Waals surface area contributed by atoms with Crippen molar-refractivity contribution in [1.29, 1.82) is 0 Å². The van der Waals surface area contributed by atoms with Crippen molar-refractivity contribution < 1.29 is 19.1 Å². The number of nitrogens with zero attached hydrogens (tertiary/aromatic N) is 3. The van der Waals surface area contributed by atoms with E-state index in [4.69, 9.17) is 5.11 Å². The highest BCUT2D eigenvalue weighted by atomic mass is 32.1. The number of anilines is 2. The minimum atomic E-state index is -1.02. The Hall–Kier alpha value is -3.79. The van der Waals surface area contributed by atoms with Crippen molar-refractivity contribution in [2.45, 2.75) is 6.67 Å². The van der Waals surface area contributed by atoms with Crippen LogP contribution in [-0.2, 0) is 11.5 Å². The second-order valence-corrected chi connectivity index (χ2v) is 7.78. The van der Waals surface area contributed by atoms with Gasteiger partial charge in [0, 0.05) is 16.9 Å². The fourth-order valence-corrected chi connectivity index (χ4v) is 4.56. The Labute approximate surface area is 171 Å². The number of benzene rings is 2. The summed E-state index contributed by atoms with van der Waals surface area (Å²) in [6.07, 6.45) is 0. The van der Waals surface area contributed by atoms with E-state index in [0.717, 1.165) is 11.3 Å². The van der Waals surface area contributed by atoms with Gasteiger partial charge in [-0.05, 0) is 42.5 Å². The zero-order chi connectivity index (χ0) is 21.0. The van der Waals surface area contributed by atoms with Gasteiger partial charge >= 0.3 is 5.97 Å². The third kappa shape index (κ3) is 2.80. The van der Waals surface area contributed by atoms with Crippen LogP contribution in [0.1, 0.15) is 15.9 Å². The summed E-state index contributed by atoms with van der Waals surface area (Å²) in [6.45, 7) is 0.476. The Bertz CT molecular complexity index is 1410. The number of halogens is 1. The van der Waals surface area contributed by atoms with E-state index in [9.17, 15) is 18.8 Å². The molecule has 2 aliphatic rings. The van der Waals surface area contributed by atoms with E-state index in [-0.39, 0.29) is 34.6 Å². The smallest absolute Gasteiger partial charge is 0.335 e. The Kier molecular flexibility index (Phi) is 4.03. The largest absolute Gasteiger partial charge is 0.478 e. The summed E-state index contributed by atoms with van der Waals surface area (Å²) < 4.78 is 15.4. The molecule has 30 heavy (non-hydrogen) atoms. The lowest BCUT2D eigenvalue weighted by molar-refractivity contribution is -0.110. The number of thiazole rings is 1. The Morgan fingerprint density at radius 3 is 2.67 bits per heavy atom. The van der Waals surface area contributed by atoms with Crippen molar-refractivity contribution in [3.63, 3.8) is 0 Å². The molecule has 1 aromatic heterocycles. The third-order valence-electron chi connectivity index (χ3n) is 4.99. The molecule has 3 aromatic rings. The van der Waals surface area contributed by atoms with Gasteiger partial charge in [0.1, 0.15) is 23.7 Å². The molecular weight excluding hydrogens is 411 g/mol. The van der Waals surface area contributed by atoms with E-state index in [2.05, 4.69) is 10.3 Å². The number of rotatable bonds is 2.